The van der Waals surface area contributed by atoms with E-state index in [1.165, 1.54) is 13.8 Å². The molecule has 0 aromatic carbocycles. The number of carboxylic acid groups (broad SMARTS) is 1. The zero-order valence-electron chi connectivity index (χ0n) is 22.3. The van der Waals surface area contributed by atoms with Crippen LogP contribution in [0.15, 0.2) is 11.6 Å². The summed E-state index contributed by atoms with van der Waals surface area (Å²) in [5, 5.41) is 31.3. The van der Waals surface area contributed by atoms with Gasteiger partial charge in [0.1, 0.15) is 17.7 Å². The van der Waals surface area contributed by atoms with Crippen LogP contribution in [0.4, 0.5) is 0 Å². The fourth-order valence-corrected chi connectivity index (χ4v) is 5.97. The van der Waals surface area contributed by atoms with Gasteiger partial charge in [0.25, 0.3) is 0 Å². The van der Waals surface area contributed by atoms with Crippen molar-refractivity contribution in [1.29, 1.82) is 0 Å². The van der Waals surface area contributed by atoms with Crippen LogP contribution in [0.2, 0.25) is 0 Å². The Hall–Kier alpha value is -2.39. The molecule has 1 fully saturated rings. The van der Waals surface area contributed by atoms with E-state index in [1.54, 1.807) is 20.8 Å². The van der Waals surface area contributed by atoms with Crippen LogP contribution in [-0.4, -0.2) is 62.9 Å². The minimum absolute atomic E-state index is 0.101. The summed E-state index contributed by atoms with van der Waals surface area (Å²) in [6.07, 6.45) is 1.74. The monoisotopic (exact) mass is 510 g/mol. The van der Waals surface area contributed by atoms with E-state index in [0.717, 1.165) is 6.08 Å². The number of carboxylic acids is 1. The van der Waals surface area contributed by atoms with Crippen LogP contribution >= 0.6 is 0 Å². The summed E-state index contributed by atoms with van der Waals surface area (Å²) in [4.78, 5) is 61.2. The maximum absolute atomic E-state index is 13.4. The number of aliphatic hydroxyl groups is 2. The SMILES string of the molecule is CCC(COC(=O)CC(C)=CC(=O)O)C1C(C)(O)C(=O)CCC(C)(O)CC(C)CC1(C)C(=O)CC=O. The smallest absolute Gasteiger partial charge is 0.328 e. The van der Waals surface area contributed by atoms with Crippen LogP contribution in [0.3, 0.4) is 0 Å². The second-order valence-electron chi connectivity index (χ2n) is 11.1. The van der Waals surface area contributed by atoms with Crippen molar-refractivity contribution in [2.24, 2.45) is 23.2 Å². The van der Waals surface area contributed by atoms with E-state index in [0.29, 0.717) is 24.7 Å². The minimum Gasteiger partial charge on any atom is -0.478 e. The van der Waals surface area contributed by atoms with Gasteiger partial charge in [-0.3, -0.25) is 14.4 Å². The first-order valence-corrected chi connectivity index (χ1v) is 12.5. The predicted molar refractivity (Wildman–Crippen MR) is 132 cm³/mol. The molecule has 0 heterocycles. The highest BCUT2D eigenvalue weighted by Gasteiger charge is 2.56. The van der Waals surface area contributed by atoms with Gasteiger partial charge in [0.15, 0.2) is 5.78 Å². The number of carbonyl (C=O) groups excluding carboxylic acids is 4. The summed E-state index contributed by atoms with van der Waals surface area (Å²) in [5.41, 5.74) is -4.17. The zero-order chi connectivity index (χ0) is 27.9. The van der Waals surface area contributed by atoms with Crippen LogP contribution < -0.4 is 0 Å². The third-order valence-electron chi connectivity index (χ3n) is 7.46. The molecule has 0 saturated heterocycles. The molecular weight excluding hydrogens is 468 g/mol. The molecule has 1 aliphatic carbocycles. The van der Waals surface area contributed by atoms with Gasteiger partial charge < -0.3 is 24.9 Å². The lowest BCUT2D eigenvalue weighted by Crippen LogP contribution is -2.58. The Kier molecular flexibility index (Phi) is 11.2. The van der Waals surface area contributed by atoms with E-state index in [1.807, 2.05) is 6.92 Å². The molecule has 6 unspecified atom stereocenters. The molecule has 9 nitrogen and oxygen atoms in total. The number of aliphatic carboxylic acids is 1. The first kappa shape index (κ1) is 31.6. The molecule has 0 bridgehead atoms. The zero-order valence-corrected chi connectivity index (χ0v) is 22.3. The van der Waals surface area contributed by atoms with Gasteiger partial charge in [-0.15, -0.1) is 0 Å². The summed E-state index contributed by atoms with van der Waals surface area (Å²) in [6, 6.07) is 0. The number of carbonyl (C=O) groups is 5. The molecule has 36 heavy (non-hydrogen) atoms. The Morgan fingerprint density at radius 3 is 2.31 bits per heavy atom. The third-order valence-corrected chi connectivity index (χ3v) is 7.46. The molecule has 6 atom stereocenters. The average molecular weight is 511 g/mol. The minimum atomic E-state index is -1.99. The molecule has 0 aromatic heterocycles. The Labute approximate surface area is 213 Å². The molecule has 1 aliphatic rings. The fraction of sp³-hybridized carbons (Fsp3) is 0.741. The number of aldehydes is 1. The highest BCUT2D eigenvalue weighted by molar-refractivity contribution is 5.95. The van der Waals surface area contributed by atoms with Crippen molar-refractivity contribution in [3.05, 3.63) is 11.6 Å². The third kappa shape index (κ3) is 8.34. The van der Waals surface area contributed by atoms with Crippen molar-refractivity contribution in [3.8, 4) is 0 Å². The standard InChI is InChI=1S/C27H42O9/c1-7-19(16-36-23(33)13-17(2)12-22(31)32)24-26(5,20(29)9-11-28)15-18(3)14-25(4,34)10-8-21(30)27(24,6)35/h11-12,18-19,24,34-35H,7-10,13-16H2,1-6H3,(H,31,32). The Morgan fingerprint density at radius 1 is 1.17 bits per heavy atom. The summed E-state index contributed by atoms with van der Waals surface area (Å²) in [7, 11) is 0. The van der Waals surface area contributed by atoms with E-state index in [9.17, 15) is 34.2 Å². The van der Waals surface area contributed by atoms with Gasteiger partial charge in [0.2, 0.25) is 0 Å². The van der Waals surface area contributed by atoms with Crippen LogP contribution in [0.25, 0.3) is 0 Å². The second kappa shape index (κ2) is 12.7. The number of ether oxygens (including phenoxy) is 1. The number of rotatable bonds is 10. The van der Waals surface area contributed by atoms with Crippen molar-refractivity contribution >= 4 is 29.8 Å². The van der Waals surface area contributed by atoms with Crippen LogP contribution in [0.1, 0.15) is 86.5 Å². The summed E-state index contributed by atoms with van der Waals surface area (Å²) in [6.45, 7) is 9.61. The molecule has 0 aromatic rings. The molecule has 0 spiro atoms. The molecule has 3 N–H and O–H groups in total. The maximum Gasteiger partial charge on any atom is 0.328 e. The quantitative estimate of drug-likeness (QED) is 0.174. The second-order valence-corrected chi connectivity index (χ2v) is 11.1. The first-order valence-electron chi connectivity index (χ1n) is 12.5. The average Bonchev–Trinajstić information content (AvgIpc) is 2.72. The highest BCUT2D eigenvalue weighted by Crippen LogP contribution is 2.49. The highest BCUT2D eigenvalue weighted by atomic mass is 16.5. The first-order chi connectivity index (χ1) is 16.5. The molecule has 0 amide bonds. The van der Waals surface area contributed by atoms with Crippen LogP contribution in [0.5, 0.6) is 0 Å². The number of Topliss-reactive ketones (excluding diaryl/α,β-unsaturated/α-hetero) is 2. The summed E-state index contributed by atoms with van der Waals surface area (Å²) < 4.78 is 5.43. The van der Waals surface area contributed by atoms with Crippen LogP contribution in [0, 0.1) is 23.2 Å². The maximum atomic E-state index is 13.4. The molecule has 1 saturated carbocycles. The summed E-state index contributed by atoms with van der Waals surface area (Å²) in [5.74, 6) is -4.55. The molecular formula is C27H42O9. The van der Waals surface area contributed by atoms with Gasteiger partial charge in [0, 0.05) is 23.8 Å². The molecule has 0 aliphatic heterocycles. The van der Waals surface area contributed by atoms with E-state index in [-0.39, 0.29) is 38.2 Å². The van der Waals surface area contributed by atoms with Gasteiger partial charge >= 0.3 is 11.9 Å². The van der Waals surface area contributed by atoms with E-state index >= 15 is 0 Å². The lowest BCUT2D eigenvalue weighted by molar-refractivity contribution is -0.168. The Balaban J connectivity index is 3.48. The van der Waals surface area contributed by atoms with Crippen molar-refractivity contribution < 1.29 is 44.0 Å². The summed E-state index contributed by atoms with van der Waals surface area (Å²) >= 11 is 0. The van der Waals surface area contributed by atoms with Crippen molar-refractivity contribution in [2.45, 2.75) is 97.7 Å². The van der Waals surface area contributed by atoms with E-state index in [4.69, 9.17) is 9.84 Å². The normalized spacial score (nSPS) is 32.9. The van der Waals surface area contributed by atoms with Crippen molar-refractivity contribution in [1.82, 2.24) is 0 Å². The van der Waals surface area contributed by atoms with E-state index in [2.05, 4.69) is 0 Å². The molecule has 204 valence electrons. The van der Waals surface area contributed by atoms with Gasteiger partial charge in [-0.25, -0.2) is 4.79 Å². The van der Waals surface area contributed by atoms with Gasteiger partial charge in [-0.05, 0) is 58.3 Å². The lowest BCUT2D eigenvalue weighted by atomic mass is 9.55. The topological polar surface area (TPSA) is 155 Å². The number of hydrogen-bond acceptors (Lipinski definition) is 8. The molecule has 1 rings (SSSR count). The number of hydrogen-bond donors (Lipinski definition) is 3. The number of esters is 1. The largest absolute Gasteiger partial charge is 0.478 e. The van der Waals surface area contributed by atoms with Gasteiger partial charge in [-0.2, -0.15) is 0 Å². The lowest BCUT2D eigenvalue weighted by Gasteiger charge is -2.49. The van der Waals surface area contributed by atoms with E-state index < -0.39 is 58.4 Å². The van der Waals surface area contributed by atoms with Crippen molar-refractivity contribution in [3.63, 3.8) is 0 Å². The van der Waals surface area contributed by atoms with Gasteiger partial charge in [0.05, 0.1) is 25.0 Å². The fourth-order valence-electron chi connectivity index (χ4n) is 5.97. The predicted octanol–water partition coefficient (Wildman–Crippen LogP) is 3.04. The number of ketones is 2. The Bertz CT molecular complexity index is 870. The van der Waals surface area contributed by atoms with Crippen LogP contribution in [-0.2, 0) is 28.7 Å². The molecule has 9 heteroatoms. The Morgan fingerprint density at radius 2 is 1.78 bits per heavy atom. The molecule has 0 radical (unpaired) electrons. The van der Waals surface area contributed by atoms with Crippen molar-refractivity contribution in [2.75, 3.05) is 6.61 Å². The van der Waals surface area contributed by atoms with Gasteiger partial charge in [-0.1, -0.05) is 26.3 Å².